The number of urea groups is 1. The first-order chi connectivity index (χ1) is 6.27. The Hall–Kier alpha value is -1.84. The lowest BCUT2D eigenvalue weighted by molar-refractivity contribution is -0.120. The molecule has 1 atom stereocenters. The van der Waals surface area contributed by atoms with Crippen molar-refractivity contribution < 1.29 is 9.59 Å². The third kappa shape index (κ3) is 1.38. The van der Waals surface area contributed by atoms with E-state index in [9.17, 15) is 9.59 Å². The standard InChI is InChI=1S/C9H8N2O2/c12-8-7(10-9(13)11-8)6-4-2-1-3-5-6/h1-5,7H,(H2,10,11,12,13)/t7-/m1/s1. The summed E-state index contributed by atoms with van der Waals surface area (Å²) in [6, 6.07) is 8.15. The van der Waals surface area contributed by atoms with Crippen molar-refractivity contribution in [3.8, 4) is 0 Å². The number of hydrogen-bond donors (Lipinski definition) is 2. The lowest BCUT2D eigenvalue weighted by atomic mass is 10.1. The number of hydrogen-bond acceptors (Lipinski definition) is 2. The summed E-state index contributed by atoms with van der Waals surface area (Å²) in [7, 11) is 0. The quantitative estimate of drug-likeness (QED) is 0.614. The van der Waals surface area contributed by atoms with Crippen molar-refractivity contribution in [2.24, 2.45) is 0 Å². The predicted molar refractivity (Wildman–Crippen MR) is 45.9 cm³/mol. The first kappa shape index (κ1) is 7.79. The zero-order valence-corrected chi connectivity index (χ0v) is 6.78. The van der Waals surface area contributed by atoms with Gasteiger partial charge in [-0.1, -0.05) is 30.3 Å². The van der Waals surface area contributed by atoms with Gasteiger partial charge in [-0.05, 0) is 5.56 Å². The highest BCUT2D eigenvalue weighted by atomic mass is 16.2. The van der Waals surface area contributed by atoms with E-state index in [-0.39, 0.29) is 5.91 Å². The number of nitrogens with one attached hydrogen (secondary N) is 2. The van der Waals surface area contributed by atoms with E-state index in [1.807, 2.05) is 18.2 Å². The molecule has 2 rings (SSSR count). The van der Waals surface area contributed by atoms with E-state index in [4.69, 9.17) is 0 Å². The second kappa shape index (κ2) is 2.90. The van der Waals surface area contributed by atoms with Gasteiger partial charge in [-0.15, -0.1) is 0 Å². The van der Waals surface area contributed by atoms with Crippen LogP contribution in [-0.4, -0.2) is 11.9 Å². The summed E-state index contributed by atoms with van der Waals surface area (Å²) >= 11 is 0. The van der Waals surface area contributed by atoms with Crippen LogP contribution in [0.25, 0.3) is 0 Å². The average Bonchev–Trinajstić information content (AvgIpc) is 2.47. The van der Waals surface area contributed by atoms with Gasteiger partial charge in [0.1, 0.15) is 6.04 Å². The maximum atomic E-state index is 11.2. The molecule has 0 radical (unpaired) electrons. The fraction of sp³-hybridized carbons (Fsp3) is 0.111. The molecule has 13 heavy (non-hydrogen) atoms. The van der Waals surface area contributed by atoms with Crippen LogP contribution in [0.3, 0.4) is 0 Å². The molecule has 2 N–H and O–H groups in total. The van der Waals surface area contributed by atoms with Crippen LogP contribution in [-0.2, 0) is 4.79 Å². The Morgan fingerprint density at radius 2 is 1.77 bits per heavy atom. The smallest absolute Gasteiger partial charge is 0.322 e. The summed E-state index contributed by atoms with van der Waals surface area (Å²) in [6.45, 7) is 0. The van der Waals surface area contributed by atoms with E-state index in [1.165, 1.54) is 0 Å². The van der Waals surface area contributed by atoms with Crippen LogP contribution in [0, 0.1) is 0 Å². The van der Waals surface area contributed by atoms with E-state index in [0.717, 1.165) is 5.56 Å². The number of rotatable bonds is 1. The molecule has 66 valence electrons. The first-order valence-electron chi connectivity index (χ1n) is 3.93. The number of amides is 3. The number of imide groups is 1. The van der Waals surface area contributed by atoms with Gasteiger partial charge in [0.2, 0.25) is 0 Å². The van der Waals surface area contributed by atoms with Crippen molar-refractivity contribution in [1.82, 2.24) is 10.6 Å². The molecule has 3 amide bonds. The molecule has 4 heteroatoms. The predicted octanol–water partition coefficient (Wildman–Crippen LogP) is 0.567. The molecule has 0 aliphatic carbocycles. The van der Waals surface area contributed by atoms with Crippen molar-refractivity contribution in [2.45, 2.75) is 6.04 Å². The van der Waals surface area contributed by atoms with Gasteiger partial charge in [-0.25, -0.2) is 4.79 Å². The molecule has 0 aromatic heterocycles. The summed E-state index contributed by atoms with van der Waals surface area (Å²) in [6.07, 6.45) is 0. The van der Waals surface area contributed by atoms with Crippen molar-refractivity contribution >= 4 is 11.9 Å². The van der Waals surface area contributed by atoms with Gasteiger partial charge in [0.25, 0.3) is 5.91 Å². The van der Waals surface area contributed by atoms with Crippen LogP contribution in [0.1, 0.15) is 11.6 Å². The Kier molecular flexibility index (Phi) is 1.73. The van der Waals surface area contributed by atoms with E-state index >= 15 is 0 Å². The molecule has 0 saturated carbocycles. The summed E-state index contributed by atoms with van der Waals surface area (Å²) in [4.78, 5) is 22.0. The van der Waals surface area contributed by atoms with Gasteiger partial charge < -0.3 is 5.32 Å². The molecule has 1 fully saturated rings. The minimum absolute atomic E-state index is 0.295. The van der Waals surface area contributed by atoms with E-state index in [0.29, 0.717) is 0 Å². The van der Waals surface area contributed by atoms with Crippen LogP contribution in [0.4, 0.5) is 4.79 Å². The highest BCUT2D eigenvalue weighted by molar-refractivity contribution is 6.04. The van der Waals surface area contributed by atoms with Crippen molar-refractivity contribution in [1.29, 1.82) is 0 Å². The minimum Gasteiger partial charge on any atom is -0.322 e. The van der Waals surface area contributed by atoms with Crippen molar-refractivity contribution in [3.63, 3.8) is 0 Å². The second-order valence-corrected chi connectivity index (χ2v) is 2.81. The Morgan fingerprint density at radius 1 is 1.08 bits per heavy atom. The first-order valence-corrected chi connectivity index (χ1v) is 3.93. The topological polar surface area (TPSA) is 58.2 Å². The highest BCUT2D eigenvalue weighted by Gasteiger charge is 2.30. The second-order valence-electron chi connectivity index (χ2n) is 2.81. The Balaban J connectivity index is 2.28. The molecule has 1 aromatic rings. The maximum Gasteiger partial charge on any atom is 0.322 e. The van der Waals surface area contributed by atoms with Gasteiger partial charge in [0.15, 0.2) is 0 Å². The van der Waals surface area contributed by atoms with Gasteiger partial charge >= 0.3 is 6.03 Å². The lowest BCUT2D eigenvalue weighted by Gasteiger charge is -2.05. The molecule has 1 heterocycles. The highest BCUT2D eigenvalue weighted by Crippen LogP contribution is 2.15. The molecular formula is C9H8N2O2. The van der Waals surface area contributed by atoms with E-state index < -0.39 is 12.1 Å². The van der Waals surface area contributed by atoms with Gasteiger partial charge in [-0.2, -0.15) is 0 Å². The fourth-order valence-electron chi connectivity index (χ4n) is 1.30. The fourth-order valence-corrected chi connectivity index (χ4v) is 1.30. The van der Waals surface area contributed by atoms with Crippen LogP contribution in [0.15, 0.2) is 30.3 Å². The van der Waals surface area contributed by atoms with E-state index in [1.54, 1.807) is 12.1 Å². The van der Waals surface area contributed by atoms with Gasteiger partial charge in [0, 0.05) is 0 Å². The third-order valence-corrected chi connectivity index (χ3v) is 1.91. The largest absolute Gasteiger partial charge is 0.322 e. The van der Waals surface area contributed by atoms with Gasteiger partial charge in [-0.3, -0.25) is 10.1 Å². The molecular weight excluding hydrogens is 168 g/mol. The molecule has 1 aliphatic rings. The Morgan fingerprint density at radius 3 is 2.31 bits per heavy atom. The van der Waals surface area contributed by atoms with Crippen LogP contribution >= 0.6 is 0 Å². The zero-order chi connectivity index (χ0) is 9.26. The summed E-state index contributed by atoms with van der Waals surface area (Å²) in [5.41, 5.74) is 0.797. The normalized spacial score (nSPS) is 21.1. The molecule has 0 unspecified atom stereocenters. The third-order valence-electron chi connectivity index (χ3n) is 1.91. The average molecular weight is 176 g/mol. The Bertz CT molecular complexity index is 348. The molecule has 1 aromatic carbocycles. The van der Waals surface area contributed by atoms with Crippen molar-refractivity contribution in [2.75, 3.05) is 0 Å². The zero-order valence-electron chi connectivity index (χ0n) is 6.78. The molecule has 1 saturated heterocycles. The maximum absolute atomic E-state index is 11.2. The molecule has 1 aliphatic heterocycles. The lowest BCUT2D eigenvalue weighted by Crippen LogP contribution is -2.22. The SMILES string of the molecule is O=C1NC(=O)[C@@H](c2ccccc2)N1. The summed E-state index contributed by atoms with van der Waals surface area (Å²) in [5.74, 6) is -0.295. The Labute approximate surface area is 74.9 Å². The minimum atomic E-state index is -0.534. The van der Waals surface area contributed by atoms with Crippen LogP contribution in [0.5, 0.6) is 0 Å². The van der Waals surface area contributed by atoms with Crippen molar-refractivity contribution in [3.05, 3.63) is 35.9 Å². The molecule has 0 spiro atoms. The van der Waals surface area contributed by atoms with Crippen LogP contribution in [0.2, 0.25) is 0 Å². The number of benzene rings is 1. The summed E-state index contributed by atoms with van der Waals surface area (Å²) < 4.78 is 0. The summed E-state index contributed by atoms with van der Waals surface area (Å²) in [5, 5.41) is 4.70. The van der Waals surface area contributed by atoms with Crippen LogP contribution < -0.4 is 10.6 Å². The monoisotopic (exact) mass is 176 g/mol. The number of carbonyl (C=O) groups excluding carboxylic acids is 2. The molecule has 4 nitrogen and oxygen atoms in total. The van der Waals surface area contributed by atoms with Gasteiger partial charge in [0.05, 0.1) is 0 Å². The van der Waals surface area contributed by atoms with E-state index in [2.05, 4.69) is 10.6 Å². The molecule has 0 bridgehead atoms. The number of carbonyl (C=O) groups is 2.